The summed E-state index contributed by atoms with van der Waals surface area (Å²) in [6.45, 7) is 7.08. The highest BCUT2D eigenvalue weighted by molar-refractivity contribution is 5.72. The predicted molar refractivity (Wildman–Crippen MR) is 85.6 cm³/mol. The molecule has 22 heavy (non-hydrogen) atoms. The second-order valence-corrected chi connectivity index (χ2v) is 4.90. The van der Waals surface area contributed by atoms with E-state index < -0.39 is 0 Å². The molecule has 0 aliphatic carbocycles. The molecule has 0 aromatic carbocycles. The van der Waals surface area contributed by atoms with Crippen molar-refractivity contribution in [2.45, 2.75) is 39.5 Å². The molecule has 0 N–H and O–H groups in total. The molecule has 0 bridgehead atoms. The van der Waals surface area contributed by atoms with Crippen LogP contribution in [0, 0.1) is 18.3 Å². The minimum absolute atomic E-state index is 0.0197. The lowest BCUT2D eigenvalue weighted by Gasteiger charge is -2.13. The summed E-state index contributed by atoms with van der Waals surface area (Å²) < 4.78 is 20.9. The highest BCUT2D eigenvalue weighted by Gasteiger charge is 2.16. The maximum absolute atomic E-state index is 11.8. The maximum Gasteiger partial charge on any atom is 0.308 e. The molecule has 0 saturated carbocycles. The maximum atomic E-state index is 11.8. The zero-order chi connectivity index (χ0) is 16.5. The van der Waals surface area contributed by atoms with Gasteiger partial charge >= 0.3 is 5.97 Å². The lowest BCUT2D eigenvalue weighted by molar-refractivity contribution is -0.150. The van der Waals surface area contributed by atoms with Crippen molar-refractivity contribution in [2.24, 2.45) is 5.92 Å². The second kappa shape index (κ2) is 16.3. The van der Waals surface area contributed by atoms with E-state index in [1.165, 1.54) is 0 Å². The first-order chi connectivity index (χ1) is 10.8. The molecule has 0 amide bonds. The van der Waals surface area contributed by atoms with Crippen molar-refractivity contribution in [3.05, 3.63) is 0 Å². The van der Waals surface area contributed by atoms with Crippen LogP contribution in [-0.4, -0.2) is 52.2 Å². The molecule has 1 atom stereocenters. The molecule has 0 saturated heterocycles. The van der Waals surface area contributed by atoms with Gasteiger partial charge < -0.3 is 18.9 Å². The zero-order valence-corrected chi connectivity index (χ0v) is 14.0. The van der Waals surface area contributed by atoms with Gasteiger partial charge in [0.2, 0.25) is 0 Å². The third-order valence-corrected chi connectivity index (χ3v) is 3.13. The summed E-state index contributed by atoms with van der Waals surface area (Å²) in [4.78, 5) is 11.8. The summed E-state index contributed by atoms with van der Waals surface area (Å²) in [6.07, 6.45) is 8.93. The van der Waals surface area contributed by atoms with Crippen LogP contribution in [0.15, 0.2) is 0 Å². The number of esters is 1. The summed E-state index contributed by atoms with van der Waals surface area (Å²) in [5.74, 6) is 2.29. The van der Waals surface area contributed by atoms with Crippen LogP contribution in [0.5, 0.6) is 0 Å². The predicted octanol–water partition coefficient (Wildman–Crippen LogP) is 2.43. The number of unbranched alkanes of at least 4 members (excludes halogenated alkanes) is 1. The first-order valence-corrected chi connectivity index (χ1v) is 8.09. The molecule has 0 aliphatic heterocycles. The number of carbonyl (C=O) groups is 1. The normalized spacial score (nSPS) is 11.9. The zero-order valence-electron chi connectivity index (χ0n) is 14.0. The smallest absolute Gasteiger partial charge is 0.308 e. The molecule has 0 spiro atoms. The van der Waals surface area contributed by atoms with Crippen molar-refractivity contribution in [3.8, 4) is 12.3 Å². The highest BCUT2D eigenvalue weighted by atomic mass is 16.6. The molecular weight excluding hydrogens is 284 g/mol. The van der Waals surface area contributed by atoms with Gasteiger partial charge in [-0.15, -0.1) is 6.42 Å². The molecule has 0 aromatic heterocycles. The average Bonchev–Trinajstić information content (AvgIpc) is 2.53. The van der Waals surface area contributed by atoms with Crippen LogP contribution in [0.2, 0.25) is 0 Å². The summed E-state index contributed by atoms with van der Waals surface area (Å²) in [5, 5.41) is 0. The molecule has 5 nitrogen and oxygen atoms in total. The second-order valence-electron chi connectivity index (χ2n) is 4.90. The van der Waals surface area contributed by atoms with E-state index in [0.717, 1.165) is 25.7 Å². The van der Waals surface area contributed by atoms with Crippen LogP contribution in [-0.2, 0) is 23.7 Å². The molecule has 5 heteroatoms. The van der Waals surface area contributed by atoms with Gasteiger partial charge in [-0.2, -0.15) is 0 Å². The van der Waals surface area contributed by atoms with E-state index in [1.54, 1.807) is 0 Å². The van der Waals surface area contributed by atoms with Crippen molar-refractivity contribution >= 4 is 5.97 Å². The fraction of sp³-hybridized carbons (Fsp3) is 0.824. The van der Waals surface area contributed by atoms with Gasteiger partial charge in [0, 0.05) is 0 Å². The van der Waals surface area contributed by atoms with E-state index in [9.17, 15) is 4.79 Å². The van der Waals surface area contributed by atoms with Gasteiger partial charge in [0.05, 0.1) is 39.0 Å². The summed E-state index contributed by atoms with van der Waals surface area (Å²) in [6, 6.07) is 0. The average molecular weight is 314 g/mol. The Labute approximate surface area is 134 Å². The van der Waals surface area contributed by atoms with Gasteiger partial charge in [-0.25, -0.2) is 0 Å². The number of ether oxygens (including phenoxy) is 4. The molecule has 0 fully saturated rings. The summed E-state index contributed by atoms with van der Waals surface area (Å²) >= 11 is 0. The van der Waals surface area contributed by atoms with Gasteiger partial charge in [-0.1, -0.05) is 32.6 Å². The molecule has 0 aliphatic rings. The van der Waals surface area contributed by atoms with Gasteiger partial charge in [-0.3, -0.25) is 4.79 Å². The van der Waals surface area contributed by atoms with E-state index in [2.05, 4.69) is 12.8 Å². The number of hydrogen-bond donors (Lipinski definition) is 0. The Hall–Kier alpha value is -1.09. The van der Waals surface area contributed by atoms with E-state index in [0.29, 0.717) is 46.2 Å². The molecule has 1 unspecified atom stereocenters. The molecular formula is C17H30O5. The van der Waals surface area contributed by atoms with Crippen LogP contribution in [0.3, 0.4) is 0 Å². The third-order valence-electron chi connectivity index (χ3n) is 3.13. The molecule has 0 heterocycles. The third kappa shape index (κ3) is 12.6. The largest absolute Gasteiger partial charge is 0.463 e. The Kier molecular flexibility index (Phi) is 15.5. The quantitative estimate of drug-likeness (QED) is 0.264. The Morgan fingerprint density at radius 2 is 1.59 bits per heavy atom. The number of carbonyl (C=O) groups excluding carboxylic acids is 1. The van der Waals surface area contributed by atoms with E-state index in [-0.39, 0.29) is 11.9 Å². The molecule has 128 valence electrons. The fourth-order valence-electron chi connectivity index (χ4n) is 1.83. The Balaban J connectivity index is 3.37. The minimum atomic E-state index is -0.110. The first kappa shape index (κ1) is 20.9. The Morgan fingerprint density at radius 1 is 1.00 bits per heavy atom. The van der Waals surface area contributed by atoms with E-state index in [4.69, 9.17) is 25.4 Å². The van der Waals surface area contributed by atoms with E-state index >= 15 is 0 Å². The van der Waals surface area contributed by atoms with E-state index in [1.807, 2.05) is 6.92 Å². The van der Waals surface area contributed by atoms with Crippen LogP contribution in [0.1, 0.15) is 39.5 Å². The fourth-order valence-corrected chi connectivity index (χ4v) is 1.83. The summed E-state index contributed by atoms with van der Waals surface area (Å²) in [7, 11) is 0. The van der Waals surface area contributed by atoms with Crippen molar-refractivity contribution in [1.82, 2.24) is 0 Å². The van der Waals surface area contributed by atoms with Crippen molar-refractivity contribution in [2.75, 3.05) is 46.2 Å². The summed E-state index contributed by atoms with van der Waals surface area (Å²) in [5.41, 5.74) is 0. The lowest BCUT2D eigenvalue weighted by atomic mass is 10.00. The molecule has 0 radical (unpaired) electrons. The number of terminal acetylenes is 1. The minimum Gasteiger partial charge on any atom is -0.463 e. The first-order valence-electron chi connectivity index (χ1n) is 8.09. The van der Waals surface area contributed by atoms with Crippen LogP contribution in [0.4, 0.5) is 0 Å². The van der Waals surface area contributed by atoms with Crippen LogP contribution in [0.25, 0.3) is 0 Å². The van der Waals surface area contributed by atoms with Crippen molar-refractivity contribution < 1.29 is 23.7 Å². The van der Waals surface area contributed by atoms with Crippen molar-refractivity contribution in [3.63, 3.8) is 0 Å². The molecule has 0 rings (SSSR count). The monoisotopic (exact) mass is 314 g/mol. The number of hydrogen-bond acceptors (Lipinski definition) is 5. The molecule has 0 aromatic rings. The van der Waals surface area contributed by atoms with Gasteiger partial charge in [0.1, 0.15) is 13.2 Å². The van der Waals surface area contributed by atoms with Crippen LogP contribution >= 0.6 is 0 Å². The topological polar surface area (TPSA) is 54.0 Å². The Bertz CT molecular complexity index is 298. The SMILES string of the molecule is C#CCOCCOCCOCCOC(=O)C(CC)CCCC. The number of rotatable bonds is 15. The van der Waals surface area contributed by atoms with Gasteiger partial charge in [-0.05, 0) is 12.8 Å². The lowest BCUT2D eigenvalue weighted by Crippen LogP contribution is -2.20. The standard InChI is InChI=1S/C17H30O5/c1-4-7-8-16(6-3)17(18)22-15-14-21-13-12-20-11-10-19-9-5-2/h2,16H,4,6-15H2,1,3H3. The van der Waals surface area contributed by atoms with Gasteiger partial charge in [0.15, 0.2) is 0 Å². The Morgan fingerprint density at radius 3 is 2.14 bits per heavy atom. The van der Waals surface area contributed by atoms with Crippen molar-refractivity contribution in [1.29, 1.82) is 0 Å². The highest BCUT2D eigenvalue weighted by Crippen LogP contribution is 2.14. The van der Waals surface area contributed by atoms with Gasteiger partial charge in [0.25, 0.3) is 0 Å². The van der Waals surface area contributed by atoms with Crippen LogP contribution < -0.4 is 0 Å².